The third kappa shape index (κ3) is 3.25. The number of hydrogen-bond donors (Lipinski definition) is 0. The van der Waals surface area contributed by atoms with E-state index in [9.17, 15) is 4.79 Å². The van der Waals surface area contributed by atoms with Gasteiger partial charge in [0.15, 0.2) is 0 Å². The molecule has 1 atom stereocenters. The van der Waals surface area contributed by atoms with Crippen LogP contribution in [0.3, 0.4) is 0 Å². The van der Waals surface area contributed by atoms with Gasteiger partial charge in [-0.15, -0.1) is 11.8 Å². The van der Waals surface area contributed by atoms with Crippen LogP contribution >= 0.6 is 27.7 Å². The number of halogens is 1. The molecule has 0 heterocycles. The molecule has 2 nitrogen and oxygen atoms in total. The summed E-state index contributed by atoms with van der Waals surface area (Å²) in [5, 5.41) is 0. The summed E-state index contributed by atoms with van der Waals surface area (Å²) in [6.07, 6.45) is 0. The van der Waals surface area contributed by atoms with Crippen LogP contribution in [-0.2, 0) is 9.53 Å². The van der Waals surface area contributed by atoms with Crippen LogP contribution in [0.5, 0.6) is 0 Å². The quantitative estimate of drug-likeness (QED) is 0.624. The van der Waals surface area contributed by atoms with Gasteiger partial charge in [0.2, 0.25) is 0 Å². The highest BCUT2D eigenvalue weighted by atomic mass is 79.9. The molecule has 1 aromatic carbocycles. The number of benzene rings is 1. The van der Waals surface area contributed by atoms with Gasteiger partial charge in [-0.05, 0) is 46.3 Å². The molecule has 0 fully saturated rings. The molecule has 0 amide bonds. The Bertz CT molecular complexity index is 379. The van der Waals surface area contributed by atoms with Crippen molar-refractivity contribution in [2.24, 2.45) is 0 Å². The first-order valence-corrected chi connectivity index (χ1v) is 6.88. The first-order chi connectivity index (χ1) is 7.60. The molecule has 1 rings (SSSR count). The van der Waals surface area contributed by atoms with E-state index in [2.05, 4.69) is 22.9 Å². The van der Waals surface area contributed by atoms with Crippen molar-refractivity contribution in [3.8, 4) is 0 Å². The maximum Gasteiger partial charge on any atom is 0.312 e. The average Bonchev–Trinajstić information content (AvgIpc) is 2.30. The molecule has 1 aromatic rings. The molecule has 0 N–H and O–H groups in total. The molecular formula is C12H15BrO2S. The summed E-state index contributed by atoms with van der Waals surface area (Å²) < 4.78 is 5.76. The largest absolute Gasteiger partial charge is 0.469 e. The molecule has 0 spiro atoms. The van der Waals surface area contributed by atoms with Crippen LogP contribution in [0.4, 0.5) is 0 Å². The zero-order valence-corrected chi connectivity index (χ0v) is 12.0. The van der Waals surface area contributed by atoms with Gasteiger partial charge in [0.05, 0.1) is 13.0 Å². The second-order valence-corrected chi connectivity index (χ2v) is 5.53. The smallest absolute Gasteiger partial charge is 0.312 e. The van der Waals surface area contributed by atoms with Crippen molar-refractivity contribution >= 4 is 33.7 Å². The minimum absolute atomic E-state index is 0.206. The zero-order valence-electron chi connectivity index (χ0n) is 9.62. The van der Waals surface area contributed by atoms with E-state index in [0.29, 0.717) is 0 Å². The van der Waals surface area contributed by atoms with Crippen LogP contribution < -0.4 is 0 Å². The summed E-state index contributed by atoms with van der Waals surface area (Å²) in [5.74, 6) is 0.606. The fourth-order valence-corrected chi connectivity index (χ4v) is 2.78. The van der Waals surface area contributed by atoms with Gasteiger partial charge in [-0.1, -0.05) is 13.0 Å². The normalized spacial score (nSPS) is 12.2. The standard InChI is InChI=1S/C12H15BrO2S/c1-4-16-11-6-5-9(7-10(11)13)8(2)12(14)15-3/h5-8H,4H2,1-3H3. The van der Waals surface area contributed by atoms with E-state index in [4.69, 9.17) is 4.74 Å². The number of rotatable bonds is 4. The third-order valence-corrected chi connectivity index (χ3v) is 4.18. The summed E-state index contributed by atoms with van der Waals surface area (Å²) in [6, 6.07) is 6.00. The SMILES string of the molecule is CCSc1ccc(C(C)C(=O)OC)cc1Br. The van der Waals surface area contributed by atoms with Crippen molar-refractivity contribution in [1.29, 1.82) is 0 Å². The molecular weight excluding hydrogens is 288 g/mol. The molecule has 88 valence electrons. The topological polar surface area (TPSA) is 26.3 Å². The van der Waals surface area contributed by atoms with Gasteiger partial charge in [-0.25, -0.2) is 0 Å². The van der Waals surface area contributed by atoms with E-state index < -0.39 is 0 Å². The Balaban J connectivity index is 2.92. The predicted octanol–water partition coefficient (Wildman–Crippen LogP) is 3.84. The van der Waals surface area contributed by atoms with Crippen LogP contribution in [0.25, 0.3) is 0 Å². The first kappa shape index (κ1) is 13.6. The lowest BCUT2D eigenvalue weighted by atomic mass is 10.0. The first-order valence-electron chi connectivity index (χ1n) is 5.10. The monoisotopic (exact) mass is 302 g/mol. The Morgan fingerprint density at radius 3 is 2.75 bits per heavy atom. The number of thioether (sulfide) groups is 1. The van der Waals surface area contributed by atoms with Crippen LogP contribution in [-0.4, -0.2) is 18.8 Å². The number of ether oxygens (including phenoxy) is 1. The molecule has 0 saturated carbocycles. The number of esters is 1. The molecule has 0 saturated heterocycles. The fraction of sp³-hybridized carbons (Fsp3) is 0.417. The van der Waals surface area contributed by atoms with E-state index in [1.54, 1.807) is 11.8 Å². The second kappa shape index (κ2) is 6.30. The molecule has 16 heavy (non-hydrogen) atoms. The van der Waals surface area contributed by atoms with Gasteiger partial charge in [0.25, 0.3) is 0 Å². The van der Waals surface area contributed by atoms with Crippen molar-refractivity contribution in [2.75, 3.05) is 12.9 Å². The molecule has 0 aliphatic carbocycles. The highest BCUT2D eigenvalue weighted by Gasteiger charge is 2.16. The number of hydrogen-bond acceptors (Lipinski definition) is 3. The molecule has 0 radical (unpaired) electrons. The zero-order chi connectivity index (χ0) is 12.1. The lowest BCUT2D eigenvalue weighted by Crippen LogP contribution is -2.10. The second-order valence-electron chi connectivity index (χ2n) is 3.37. The minimum atomic E-state index is -0.220. The lowest BCUT2D eigenvalue weighted by molar-refractivity contribution is -0.141. The summed E-state index contributed by atoms with van der Waals surface area (Å²) in [6.45, 7) is 3.96. The summed E-state index contributed by atoms with van der Waals surface area (Å²) in [4.78, 5) is 12.6. The Morgan fingerprint density at radius 2 is 2.25 bits per heavy atom. The van der Waals surface area contributed by atoms with Crippen molar-refractivity contribution in [3.63, 3.8) is 0 Å². The predicted molar refractivity (Wildman–Crippen MR) is 71.0 cm³/mol. The van der Waals surface area contributed by atoms with Gasteiger partial charge in [0.1, 0.15) is 0 Å². The van der Waals surface area contributed by atoms with Crippen molar-refractivity contribution in [3.05, 3.63) is 28.2 Å². The van der Waals surface area contributed by atoms with Crippen LogP contribution in [0.1, 0.15) is 25.3 Å². The molecule has 1 unspecified atom stereocenters. The van der Waals surface area contributed by atoms with Gasteiger partial charge < -0.3 is 4.74 Å². The van der Waals surface area contributed by atoms with Crippen LogP contribution in [0.2, 0.25) is 0 Å². The molecule has 4 heteroatoms. The molecule has 0 aromatic heterocycles. The minimum Gasteiger partial charge on any atom is -0.469 e. The van der Waals surface area contributed by atoms with Gasteiger partial charge in [-0.3, -0.25) is 4.79 Å². The van der Waals surface area contributed by atoms with E-state index >= 15 is 0 Å². The van der Waals surface area contributed by atoms with E-state index in [1.165, 1.54) is 12.0 Å². The van der Waals surface area contributed by atoms with Crippen LogP contribution in [0, 0.1) is 0 Å². The van der Waals surface area contributed by atoms with Gasteiger partial charge in [-0.2, -0.15) is 0 Å². The Hall–Kier alpha value is -0.480. The Morgan fingerprint density at radius 1 is 1.56 bits per heavy atom. The highest BCUT2D eigenvalue weighted by Crippen LogP contribution is 2.30. The maximum absolute atomic E-state index is 11.4. The average molecular weight is 303 g/mol. The molecule has 0 bridgehead atoms. The van der Waals surface area contributed by atoms with Crippen molar-refractivity contribution in [1.82, 2.24) is 0 Å². The summed E-state index contributed by atoms with van der Waals surface area (Å²) >= 11 is 5.29. The molecule has 0 aliphatic heterocycles. The lowest BCUT2D eigenvalue weighted by Gasteiger charge is -2.11. The van der Waals surface area contributed by atoms with E-state index in [-0.39, 0.29) is 11.9 Å². The fourth-order valence-electron chi connectivity index (χ4n) is 1.37. The van der Waals surface area contributed by atoms with Crippen LogP contribution in [0.15, 0.2) is 27.6 Å². The van der Waals surface area contributed by atoms with Crippen molar-refractivity contribution < 1.29 is 9.53 Å². The van der Waals surface area contributed by atoms with E-state index in [1.807, 2.05) is 25.1 Å². The number of carbonyl (C=O) groups is 1. The number of methoxy groups -OCH3 is 1. The number of carbonyl (C=O) groups excluding carboxylic acids is 1. The van der Waals surface area contributed by atoms with E-state index in [0.717, 1.165) is 15.8 Å². The summed E-state index contributed by atoms with van der Waals surface area (Å²) in [5.41, 5.74) is 0.971. The van der Waals surface area contributed by atoms with Gasteiger partial charge in [0, 0.05) is 9.37 Å². The highest BCUT2D eigenvalue weighted by molar-refractivity contribution is 9.10. The van der Waals surface area contributed by atoms with Gasteiger partial charge >= 0.3 is 5.97 Å². The summed E-state index contributed by atoms with van der Waals surface area (Å²) in [7, 11) is 1.41. The Kier molecular flexibility index (Phi) is 5.35. The Labute approximate surface area is 109 Å². The third-order valence-electron chi connectivity index (χ3n) is 2.31. The maximum atomic E-state index is 11.4. The molecule has 0 aliphatic rings. The van der Waals surface area contributed by atoms with Crippen molar-refractivity contribution in [2.45, 2.75) is 24.7 Å².